The number of para-hydroxylation sites is 1. The van der Waals surface area contributed by atoms with Crippen molar-refractivity contribution >= 4 is 34.5 Å². The number of nitrogens with zero attached hydrogens (tertiary/aromatic N) is 1. The van der Waals surface area contributed by atoms with Gasteiger partial charge in [-0.15, -0.1) is 0 Å². The molecule has 1 saturated carbocycles. The molecule has 1 N–H and O–H groups in total. The van der Waals surface area contributed by atoms with E-state index in [9.17, 15) is 9.59 Å². The predicted octanol–water partition coefficient (Wildman–Crippen LogP) is 4.99. The molecule has 1 fully saturated rings. The molecular weight excluding hydrogens is 384 g/mol. The highest BCUT2D eigenvalue weighted by Crippen LogP contribution is 2.35. The topological polar surface area (TPSA) is 62.6 Å². The first kappa shape index (κ1) is 21.8. The summed E-state index contributed by atoms with van der Waals surface area (Å²) >= 11 is 1.93. The number of hydrogen-bond acceptors (Lipinski definition) is 4. The largest absolute Gasteiger partial charge is 0.451 e. The first-order valence-electron chi connectivity index (χ1n) is 10.7. The van der Waals surface area contributed by atoms with E-state index in [-0.39, 0.29) is 24.4 Å². The monoisotopic (exact) mass is 416 g/mol. The third kappa shape index (κ3) is 5.56. The minimum Gasteiger partial charge on any atom is -0.451 e. The highest BCUT2D eigenvalue weighted by molar-refractivity contribution is 7.99. The number of furan rings is 1. The molecule has 0 bridgehead atoms. The van der Waals surface area contributed by atoms with Crippen molar-refractivity contribution in [3.8, 4) is 0 Å². The summed E-state index contributed by atoms with van der Waals surface area (Å²) in [6, 6.07) is 7.88. The maximum absolute atomic E-state index is 13.3. The summed E-state index contributed by atoms with van der Waals surface area (Å²) in [7, 11) is 0. The van der Waals surface area contributed by atoms with Crippen molar-refractivity contribution in [2.45, 2.75) is 69.9 Å². The second-order valence-electron chi connectivity index (χ2n) is 8.02. The van der Waals surface area contributed by atoms with Gasteiger partial charge < -0.3 is 14.6 Å². The Labute approximate surface area is 177 Å². The summed E-state index contributed by atoms with van der Waals surface area (Å²) in [6.45, 7) is 6.21. The Morgan fingerprint density at radius 3 is 2.62 bits per heavy atom. The van der Waals surface area contributed by atoms with Crippen LogP contribution >= 0.6 is 11.8 Å². The number of carbonyl (C=O) groups is 2. The van der Waals surface area contributed by atoms with Crippen LogP contribution in [0, 0.1) is 0 Å². The van der Waals surface area contributed by atoms with Crippen LogP contribution in [0.5, 0.6) is 0 Å². The maximum Gasteiger partial charge on any atom is 0.290 e. The van der Waals surface area contributed by atoms with Gasteiger partial charge in [0.1, 0.15) is 5.58 Å². The van der Waals surface area contributed by atoms with Gasteiger partial charge in [0.2, 0.25) is 5.91 Å². The van der Waals surface area contributed by atoms with Gasteiger partial charge in [0.05, 0.1) is 6.54 Å². The van der Waals surface area contributed by atoms with Crippen molar-refractivity contribution in [2.75, 3.05) is 13.1 Å². The first-order valence-corrected chi connectivity index (χ1v) is 11.7. The second-order valence-corrected chi connectivity index (χ2v) is 9.31. The van der Waals surface area contributed by atoms with Gasteiger partial charge in [-0.25, -0.2) is 0 Å². The van der Waals surface area contributed by atoms with Gasteiger partial charge in [0, 0.05) is 34.5 Å². The van der Waals surface area contributed by atoms with Crippen LogP contribution in [0.2, 0.25) is 0 Å². The fourth-order valence-electron chi connectivity index (χ4n) is 3.86. The fraction of sp³-hybridized carbons (Fsp3) is 0.565. The van der Waals surface area contributed by atoms with E-state index in [2.05, 4.69) is 5.32 Å². The highest BCUT2D eigenvalue weighted by atomic mass is 32.2. The number of amides is 2. The molecule has 0 aliphatic heterocycles. The van der Waals surface area contributed by atoms with Crippen LogP contribution in [-0.2, 0) is 10.5 Å². The molecule has 158 valence electrons. The number of carbonyl (C=O) groups excluding carboxylic acids is 2. The summed E-state index contributed by atoms with van der Waals surface area (Å²) < 4.78 is 6.01. The van der Waals surface area contributed by atoms with Crippen LogP contribution in [0.3, 0.4) is 0 Å². The fourth-order valence-corrected chi connectivity index (χ4v) is 5.22. The van der Waals surface area contributed by atoms with Crippen molar-refractivity contribution in [1.29, 1.82) is 0 Å². The Morgan fingerprint density at radius 1 is 1.21 bits per heavy atom. The van der Waals surface area contributed by atoms with Crippen molar-refractivity contribution in [1.82, 2.24) is 10.2 Å². The SMILES string of the molecule is CCN(CC(=O)NC(C)C)C(=O)c1oc2ccccc2c1CSC1CCCCC1. The van der Waals surface area contributed by atoms with Crippen LogP contribution in [-0.4, -0.2) is 41.1 Å². The molecule has 1 heterocycles. The highest BCUT2D eigenvalue weighted by Gasteiger charge is 2.26. The van der Waals surface area contributed by atoms with Gasteiger partial charge in [-0.2, -0.15) is 11.8 Å². The Balaban J connectivity index is 1.82. The number of rotatable bonds is 8. The van der Waals surface area contributed by atoms with Crippen molar-refractivity contribution in [3.63, 3.8) is 0 Å². The van der Waals surface area contributed by atoms with Crippen LogP contribution < -0.4 is 5.32 Å². The normalized spacial score (nSPS) is 15.0. The number of thioether (sulfide) groups is 1. The predicted molar refractivity (Wildman–Crippen MR) is 119 cm³/mol. The number of likely N-dealkylation sites (N-methyl/N-ethyl adjacent to an activating group) is 1. The lowest BCUT2D eigenvalue weighted by atomic mass is 10.0. The number of hydrogen-bond donors (Lipinski definition) is 1. The lowest BCUT2D eigenvalue weighted by Gasteiger charge is -2.22. The van der Waals surface area contributed by atoms with E-state index in [1.165, 1.54) is 32.1 Å². The van der Waals surface area contributed by atoms with E-state index in [0.717, 1.165) is 22.3 Å². The summed E-state index contributed by atoms with van der Waals surface area (Å²) in [6.07, 6.45) is 6.42. The molecule has 2 amide bonds. The average Bonchev–Trinajstić information content (AvgIpc) is 3.09. The van der Waals surface area contributed by atoms with Crippen molar-refractivity contribution in [2.24, 2.45) is 0 Å². The minimum absolute atomic E-state index is 0.0414. The number of benzene rings is 1. The van der Waals surface area contributed by atoms with Gasteiger partial charge in [0.25, 0.3) is 5.91 Å². The van der Waals surface area contributed by atoms with Gasteiger partial charge in [-0.1, -0.05) is 37.5 Å². The Kier molecular flexibility index (Phi) is 7.64. The molecule has 0 atom stereocenters. The molecule has 29 heavy (non-hydrogen) atoms. The lowest BCUT2D eigenvalue weighted by Crippen LogP contribution is -2.42. The zero-order valence-electron chi connectivity index (χ0n) is 17.7. The molecule has 1 aliphatic rings. The van der Waals surface area contributed by atoms with Crippen LogP contribution in [0.1, 0.15) is 69.0 Å². The third-order valence-electron chi connectivity index (χ3n) is 5.36. The van der Waals surface area contributed by atoms with E-state index >= 15 is 0 Å². The number of nitrogens with one attached hydrogen (secondary N) is 1. The molecule has 2 aromatic rings. The van der Waals surface area contributed by atoms with Crippen LogP contribution in [0.4, 0.5) is 0 Å². The molecule has 3 rings (SSSR count). The van der Waals surface area contributed by atoms with E-state index in [1.54, 1.807) is 4.90 Å². The smallest absolute Gasteiger partial charge is 0.290 e. The van der Waals surface area contributed by atoms with Crippen LogP contribution in [0.15, 0.2) is 28.7 Å². The first-order chi connectivity index (χ1) is 14.0. The summed E-state index contributed by atoms with van der Waals surface area (Å²) in [5, 5.41) is 4.51. The molecule has 0 saturated heterocycles. The quantitative estimate of drug-likeness (QED) is 0.659. The number of fused-ring (bicyclic) bond motifs is 1. The molecule has 1 aliphatic carbocycles. The molecule has 1 aromatic carbocycles. The van der Waals surface area contributed by atoms with Gasteiger partial charge in [-0.05, 0) is 39.7 Å². The Hall–Kier alpha value is -1.95. The maximum atomic E-state index is 13.3. The van der Waals surface area contributed by atoms with Crippen molar-refractivity contribution < 1.29 is 14.0 Å². The lowest BCUT2D eigenvalue weighted by molar-refractivity contribution is -0.122. The molecule has 0 unspecified atom stereocenters. The molecule has 1 aromatic heterocycles. The van der Waals surface area contributed by atoms with E-state index < -0.39 is 0 Å². The van der Waals surface area contributed by atoms with E-state index in [0.29, 0.717) is 17.6 Å². The minimum atomic E-state index is -0.207. The Bertz CT molecular complexity index is 840. The van der Waals surface area contributed by atoms with Gasteiger partial charge >= 0.3 is 0 Å². The molecule has 0 spiro atoms. The van der Waals surface area contributed by atoms with Crippen LogP contribution in [0.25, 0.3) is 11.0 Å². The van der Waals surface area contributed by atoms with E-state index in [4.69, 9.17) is 4.42 Å². The molecular formula is C23H32N2O3S. The standard InChI is InChI=1S/C23H32N2O3S/c1-4-25(14-21(26)24-16(2)3)23(27)22-19(15-29-17-10-6-5-7-11-17)18-12-8-9-13-20(18)28-22/h8-9,12-13,16-17H,4-7,10-11,14-15H2,1-3H3,(H,24,26). The van der Waals surface area contributed by atoms with Gasteiger partial charge in [-0.3, -0.25) is 9.59 Å². The Morgan fingerprint density at radius 2 is 1.93 bits per heavy atom. The third-order valence-corrected chi connectivity index (χ3v) is 6.76. The summed E-state index contributed by atoms with van der Waals surface area (Å²) in [4.78, 5) is 27.0. The zero-order chi connectivity index (χ0) is 20.8. The zero-order valence-corrected chi connectivity index (χ0v) is 18.5. The van der Waals surface area contributed by atoms with Crippen molar-refractivity contribution in [3.05, 3.63) is 35.6 Å². The molecule has 0 radical (unpaired) electrons. The van der Waals surface area contributed by atoms with E-state index in [1.807, 2.05) is 56.8 Å². The average molecular weight is 417 g/mol. The van der Waals surface area contributed by atoms with Gasteiger partial charge in [0.15, 0.2) is 5.76 Å². The molecule has 6 heteroatoms. The second kappa shape index (κ2) is 10.2. The summed E-state index contributed by atoms with van der Waals surface area (Å²) in [5.74, 6) is 0.790. The summed E-state index contributed by atoms with van der Waals surface area (Å²) in [5.41, 5.74) is 1.70. The molecule has 5 nitrogen and oxygen atoms in total.